The molecule has 0 radical (unpaired) electrons. The maximum absolute atomic E-state index is 11.1. The zero-order chi connectivity index (χ0) is 15.1. The molecule has 1 unspecified atom stereocenters. The molecule has 0 saturated heterocycles. The molecule has 0 aromatic carbocycles. The van der Waals surface area contributed by atoms with Crippen molar-refractivity contribution in [2.24, 2.45) is 0 Å². The normalized spacial score (nSPS) is 12.8. The molecule has 0 amide bonds. The van der Waals surface area contributed by atoms with Crippen molar-refractivity contribution in [2.45, 2.75) is 19.4 Å². The predicted octanol–water partition coefficient (Wildman–Crippen LogP) is 0.672. The molecule has 0 aromatic heterocycles. The Morgan fingerprint density at radius 3 is 2.21 bits per heavy atom. The van der Waals surface area contributed by atoms with Crippen LogP contribution in [0.2, 0.25) is 0 Å². The van der Waals surface area contributed by atoms with Gasteiger partial charge < -0.3 is 19.1 Å². The van der Waals surface area contributed by atoms with Crippen molar-refractivity contribution in [3.63, 3.8) is 0 Å². The summed E-state index contributed by atoms with van der Waals surface area (Å²) in [5.74, 6) is -1.29. The quantitative estimate of drug-likeness (QED) is 0.289. The molecule has 0 bridgehead atoms. The van der Waals surface area contributed by atoms with E-state index in [0.29, 0.717) is 23.1 Å². The summed E-state index contributed by atoms with van der Waals surface area (Å²) in [6, 6.07) is -0.516. The molecule has 0 aliphatic heterocycles. The first-order valence-electron chi connectivity index (χ1n) is 6.10. The molecule has 0 rings (SSSR count). The van der Waals surface area contributed by atoms with Crippen molar-refractivity contribution in [1.29, 1.82) is 0 Å². The number of ether oxygens (including phenoxy) is 2. The number of carboxylic acids is 1. The first kappa shape index (κ1) is 17.6. The van der Waals surface area contributed by atoms with Crippen molar-refractivity contribution in [2.75, 3.05) is 41.0 Å². The van der Waals surface area contributed by atoms with E-state index in [1.54, 1.807) is 6.92 Å². The van der Waals surface area contributed by atoms with Crippen molar-refractivity contribution >= 4 is 11.9 Å². The molecule has 0 spiro atoms. The van der Waals surface area contributed by atoms with Gasteiger partial charge >= 0.3 is 11.9 Å². The largest absolute Gasteiger partial charge is 0.477 e. The lowest BCUT2D eigenvalue weighted by Crippen LogP contribution is -2.50. The number of carbonyl (C=O) groups is 2. The Labute approximate surface area is 114 Å². The fourth-order valence-electron chi connectivity index (χ4n) is 1.46. The smallest absolute Gasteiger partial charge is 0.362 e. The number of rotatable bonds is 9. The van der Waals surface area contributed by atoms with Crippen LogP contribution in [0.1, 0.15) is 13.3 Å². The average Bonchev–Trinajstić information content (AvgIpc) is 2.24. The summed E-state index contributed by atoms with van der Waals surface area (Å²) in [5, 5.41) is 9.10. The van der Waals surface area contributed by atoms with E-state index in [-0.39, 0.29) is 13.2 Å². The first-order valence-corrected chi connectivity index (χ1v) is 6.10. The Morgan fingerprint density at radius 1 is 1.21 bits per heavy atom. The Hall–Kier alpha value is -1.40. The number of quaternary nitrogens is 1. The summed E-state index contributed by atoms with van der Waals surface area (Å²) in [6.07, 6.45) is 0.410. The number of hydrogen-bond acceptors (Lipinski definition) is 4. The average molecular weight is 274 g/mol. The van der Waals surface area contributed by atoms with Gasteiger partial charge in [-0.2, -0.15) is 0 Å². The molecule has 0 aliphatic carbocycles. The van der Waals surface area contributed by atoms with Crippen molar-refractivity contribution in [3.05, 3.63) is 12.2 Å². The zero-order valence-corrected chi connectivity index (χ0v) is 12.1. The van der Waals surface area contributed by atoms with Crippen LogP contribution in [-0.4, -0.2) is 68.5 Å². The molecule has 6 heteroatoms. The number of aliphatic carboxylic acids is 1. The summed E-state index contributed by atoms with van der Waals surface area (Å²) in [5.41, 5.74) is 0.343. The van der Waals surface area contributed by atoms with Crippen LogP contribution >= 0.6 is 0 Å². The van der Waals surface area contributed by atoms with Crippen molar-refractivity contribution in [3.8, 4) is 0 Å². The summed E-state index contributed by atoms with van der Waals surface area (Å²) in [7, 11) is 5.48. The number of hydrogen-bond donors (Lipinski definition) is 1. The molecule has 0 heterocycles. The van der Waals surface area contributed by atoms with Gasteiger partial charge in [0.2, 0.25) is 0 Å². The Balaban J connectivity index is 3.82. The van der Waals surface area contributed by atoms with Gasteiger partial charge in [0.15, 0.2) is 6.04 Å². The van der Waals surface area contributed by atoms with Gasteiger partial charge in [0.1, 0.15) is 6.61 Å². The molecule has 110 valence electrons. The van der Waals surface area contributed by atoms with Crippen LogP contribution in [0, 0.1) is 0 Å². The molecular weight excluding hydrogens is 250 g/mol. The Kier molecular flexibility index (Phi) is 7.33. The van der Waals surface area contributed by atoms with Crippen molar-refractivity contribution in [1.82, 2.24) is 0 Å². The highest BCUT2D eigenvalue weighted by Crippen LogP contribution is 2.08. The molecule has 0 aromatic rings. The SMILES string of the molecule is C=C(C)C(=O)OCCOCCC(C(=O)O)[N+](C)(C)C. The minimum atomic E-state index is -0.843. The van der Waals surface area contributed by atoms with Gasteiger partial charge in [-0.3, -0.25) is 0 Å². The second-order valence-corrected chi connectivity index (χ2v) is 5.29. The Bertz CT molecular complexity index is 332. The monoisotopic (exact) mass is 274 g/mol. The maximum Gasteiger partial charge on any atom is 0.362 e. The summed E-state index contributed by atoms with van der Waals surface area (Å²) < 4.78 is 10.4. The van der Waals surface area contributed by atoms with Crippen LogP contribution < -0.4 is 0 Å². The number of nitrogens with zero attached hydrogens (tertiary/aromatic N) is 1. The van der Waals surface area contributed by atoms with E-state index >= 15 is 0 Å². The first-order chi connectivity index (χ1) is 8.66. The third-order valence-electron chi connectivity index (χ3n) is 2.56. The second-order valence-electron chi connectivity index (χ2n) is 5.29. The number of carbonyl (C=O) groups excluding carboxylic acids is 1. The third kappa shape index (κ3) is 7.58. The number of likely N-dealkylation sites (N-methyl/N-ethyl adjacent to an activating group) is 1. The molecular formula is C13H24NO5+. The third-order valence-corrected chi connectivity index (χ3v) is 2.56. The highest BCUT2D eigenvalue weighted by atomic mass is 16.6. The van der Waals surface area contributed by atoms with Gasteiger partial charge in [-0.1, -0.05) is 6.58 Å². The molecule has 1 atom stereocenters. The minimum absolute atomic E-state index is 0.147. The Morgan fingerprint density at radius 2 is 1.79 bits per heavy atom. The maximum atomic E-state index is 11.1. The van der Waals surface area contributed by atoms with Gasteiger partial charge in [-0.05, 0) is 6.92 Å². The van der Waals surface area contributed by atoms with E-state index in [9.17, 15) is 9.59 Å². The zero-order valence-electron chi connectivity index (χ0n) is 12.1. The molecule has 0 aliphatic rings. The van der Waals surface area contributed by atoms with Crippen LogP contribution in [-0.2, 0) is 19.1 Å². The fourth-order valence-corrected chi connectivity index (χ4v) is 1.46. The van der Waals surface area contributed by atoms with E-state index < -0.39 is 18.0 Å². The van der Waals surface area contributed by atoms with Crippen LogP contribution in [0.15, 0.2) is 12.2 Å². The lowest BCUT2D eigenvalue weighted by molar-refractivity contribution is -0.887. The van der Waals surface area contributed by atoms with Gasteiger partial charge in [0.05, 0.1) is 34.4 Å². The molecule has 19 heavy (non-hydrogen) atoms. The van der Waals surface area contributed by atoms with E-state index in [2.05, 4.69) is 6.58 Å². The van der Waals surface area contributed by atoms with Crippen LogP contribution in [0.25, 0.3) is 0 Å². The summed E-state index contributed by atoms with van der Waals surface area (Å²) in [4.78, 5) is 22.1. The number of esters is 1. The highest BCUT2D eigenvalue weighted by molar-refractivity contribution is 5.86. The molecule has 0 fully saturated rings. The summed E-state index contributed by atoms with van der Waals surface area (Å²) in [6.45, 7) is 5.74. The highest BCUT2D eigenvalue weighted by Gasteiger charge is 2.30. The molecule has 6 nitrogen and oxygen atoms in total. The number of carboxylic acid groups (broad SMARTS) is 1. The second kappa shape index (κ2) is 7.91. The van der Waals surface area contributed by atoms with Crippen LogP contribution in [0.5, 0.6) is 0 Å². The molecule has 1 N–H and O–H groups in total. The van der Waals surface area contributed by atoms with E-state index in [1.165, 1.54) is 0 Å². The topological polar surface area (TPSA) is 72.8 Å². The van der Waals surface area contributed by atoms with Gasteiger partial charge in [0.25, 0.3) is 0 Å². The van der Waals surface area contributed by atoms with Gasteiger partial charge in [0, 0.05) is 12.0 Å². The summed E-state index contributed by atoms with van der Waals surface area (Å²) >= 11 is 0. The minimum Gasteiger partial charge on any atom is -0.477 e. The van der Waals surface area contributed by atoms with E-state index in [4.69, 9.17) is 14.6 Å². The van der Waals surface area contributed by atoms with E-state index in [1.807, 2.05) is 21.1 Å². The molecule has 0 saturated carbocycles. The van der Waals surface area contributed by atoms with Crippen molar-refractivity contribution < 1.29 is 28.7 Å². The van der Waals surface area contributed by atoms with Gasteiger partial charge in [-0.15, -0.1) is 0 Å². The lowest BCUT2D eigenvalue weighted by Gasteiger charge is -2.30. The van der Waals surface area contributed by atoms with Crippen LogP contribution in [0.4, 0.5) is 0 Å². The van der Waals surface area contributed by atoms with Gasteiger partial charge in [-0.25, -0.2) is 9.59 Å². The lowest BCUT2D eigenvalue weighted by atomic mass is 10.2. The standard InChI is InChI=1S/C13H23NO5/c1-10(2)13(17)19-9-8-18-7-6-11(12(15)16)14(3,4)5/h11H,1,6-9H2,2-5H3/p+1. The van der Waals surface area contributed by atoms with Crippen LogP contribution in [0.3, 0.4) is 0 Å². The van der Waals surface area contributed by atoms with E-state index in [0.717, 1.165) is 0 Å². The fraction of sp³-hybridized carbons (Fsp3) is 0.692. The predicted molar refractivity (Wildman–Crippen MR) is 70.7 cm³/mol.